The highest BCUT2D eigenvalue weighted by Gasteiger charge is 2.24. The van der Waals surface area contributed by atoms with Crippen LogP contribution in [0.1, 0.15) is 98.1 Å². The van der Waals surface area contributed by atoms with Crippen LogP contribution in [0.4, 0.5) is 0 Å². The molecule has 0 aliphatic carbocycles. The third-order valence-electron chi connectivity index (χ3n) is 9.05. The van der Waals surface area contributed by atoms with E-state index in [4.69, 9.17) is 9.97 Å². The van der Waals surface area contributed by atoms with Crippen LogP contribution in [0.15, 0.2) is 24.3 Å². The molecule has 45 heavy (non-hydrogen) atoms. The zero-order chi connectivity index (χ0) is 32.9. The number of hydrogen-bond acceptors (Lipinski definition) is 6. The van der Waals surface area contributed by atoms with Crippen LogP contribution in [0.2, 0.25) is 0 Å². The monoisotopic (exact) mass is 612 g/mol. The second-order valence-corrected chi connectivity index (χ2v) is 12.0. The summed E-state index contributed by atoms with van der Waals surface area (Å²) in [4.78, 5) is 36.6. The molecule has 0 spiro atoms. The fraction of sp³-hybridized carbons (Fsp3) is 0.371. The topological polar surface area (TPSA) is 162 Å². The van der Waals surface area contributed by atoms with Gasteiger partial charge in [-0.1, -0.05) is 0 Å². The number of hydrogen-bond donors (Lipinski definition) is 5. The number of aromatic amines is 1. The fourth-order valence-electron chi connectivity index (χ4n) is 6.65. The Morgan fingerprint density at radius 3 is 1.96 bits per heavy atom. The zero-order valence-corrected chi connectivity index (χ0v) is 26.7. The number of aliphatic hydroxyl groups is 2. The molecule has 0 amide bonds. The number of aromatic nitrogens is 4. The molecule has 0 fully saturated rings. The van der Waals surface area contributed by atoms with E-state index in [0.717, 1.165) is 55.5 Å². The molecular formula is C35H40N4O6. The maximum absolute atomic E-state index is 11.6. The second kappa shape index (κ2) is 12.1. The van der Waals surface area contributed by atoms with Gasteiger partial charge in [-0.2, -0.15) is 0 Å². The van der Waals surface area contributed by atoms with Crippen molar-refractivity contribution in [3.05, 3.63) is 69.3 Å². The Hall–Kier alpha value is -4.54. The van der Waals surface area contributed by atoms with E-state index in [1.807, 2.05) is 63.6 Å². The lowest BCUT2D eigenvalue weighted by molar-refractivity contribution is -0.137. The molecule has 10 heteroatoms. The van der Waals surface area contributed by atoms with Crippen LogP contribution in [0.25, 0.3) is 44.4 Å². The molecule has 3 aromatic heterocycles. The van der Waals surface area contributed by atoms with E-state index < -0.39 is 24.1 Å². The van der Waals surface area contributed by atoms with E-state index in [1.54, 1.807) is 13.8 Å². The van der Waals surface area contributed by atoms with Crippen molar-refractivity contribution < 1.29 is 30.0 Å². The van der Waals surface area contributed by atoms with Crippen molar-refractivity contribution in [3.63, 3.8) is 0 Å². The van der Waals surface area contributed by atoms with Crippen LogP contribution < -0.4 is 0 Å². The molecule has 10 nitrogen and oxygen atoms in total. The van der Waals surface area contributed by atoms with Crippen molar-refractivity contribution in [2.75, 3.05) is 0 Å². The van der Waals surface area contributed by atoms with E-state index in [1.165, 1.54) is 0 Å². The first-order valence-electron chi connectivity index (χ1n) is 15.1. The molecule has 8 bridgehead atoms. The zero-order valence-electron chi connectivity index (χ0n) is 26.7. The molecule has 2 atom stereocenters. The molecule has 2 aliphatic heterocycles. The largest absolute Gasteiger partial charge is 0.481 e. The minimum atomic E-state index is -0.912. The number of carbonyl (C=O) groups is 2. The van der Waals surface area contributed by atoms with Crippen LogP contribution in [0.5, 0.6) is 0 Å². The number of H-pyrrole nitrogens is 1. The molecule has 2 unspecified atom stereocenters. The summed E-state index contributed by atoms with van der Waals surface area (Å²) in [5.74, 6) is -1.82. The molecule has 0 radical (unpaired) electrons. The number of carboxylic acids is 2. The van der Waals surface area contributed by atoms with Gasteiger partial charge in [-0.25, -0.2) is 9.97 Å². The number of aliphatic carboxylic acids is 2. The molecule has 236 valence electrons. The smallest absolute Gasteiger partial charge is 0.303 e. The van der Waals surface area contributed by atoms with Gasteiger partial charge in [0.1, 0.15) is 0 Å². The van der Waals surface area contributed by atoms with Crippen LogP contribution in [0.3, 0.4) is 0 Å². The molecular weight excluding hydrogens is 572 g/mol. The Balaban J connectivity index is 1.99. The minimum absolute atomic E-state index is 0.0659. The third kappa shape index (κ3) is 5.83. The first-order chi connectivity index (χ1) is 21.2. The van der Waals surface area contributed by atoms with Crippen molar-refractivity contribution in [2.45, 2.75) is 79.4 Å². The first-order valence-corrected chi connectivity index (χ1v) is 15.1. The van der Waals surface area contributed by atoms with Gasteiger partial charge in [0.05, 0.1) is 35.0 Å². The molecule has 3 aromatic rings. The number of rotatable bonds is 8. The molecule has 5 N–H and O–H groups in total. The van der Waals surface area contributed by atoms with E-state index in [2.05, 4.69) is 4.98 Å². The van der Waals surface area contributed by atoms with Gasteiger partial charge >= 0.3 is 11.9 Å². The van der Waals surface area contributed by atoms with Gasteiger partial charge in [0.25, 0.3) is 0 Å². The summed E-state index contributed by atoms with van der Waals surface area (Å²) in [6.07, 6.45) is -1.15. The highest BCUT2D eigenvalue weighted by molar-refractivity contribution is 5.96. The number of nitrogens with one attached hydrogen (secondary N) is 1. The average Bonchev–Trinajstić information content (AvgIpc) is 3.59. The average molecular weight is 613 g/mol. The van der Waals surface area contributed by atoms with Crippen molar-refractivity contribution in [2.24, 2.45) is 7.05 Å². The summed E-state index contributed by atoms with van der Waals surface area (Å²) in [5, 5.41) is 40.7. The number of carboxylic acid groups (broad SMARTS) is 2. The summed E-state index contributed by atoms with van der Waals surface area (Å²) in [6, 6.07) is 7.65. The normalized spacial score (nSPS) is 14.7. The summed E-state index contributed by atoms with van der Waals surface area (Å²) in [5.41, 5.74) is 12.1. The first kappa shape index (κ1) is 31.9. The van der Waals surface area contributed by atoms with Crippen molar-refractivity contribution in [1.82, 2.24) is 19.5 Å². The van der Waals surface area contributed by atoms with Gasteiger partial charge in [0, 0.05) is 53.1 Å². The predicted octanol–water partition coefficient (Wildman–Crippen LogP) is 6.12. The highest BCUT2D eigenvalue weighted by atomic mass is 16.4. The van der Waals surface area contributed by atoms with E-state index in [-0.39, 0.29) is 25.7 Å². The maximum atomic E-state index is 11.6. The SMILES string of the molecule is CC1=C(CCC(=O)O)c2cc3[nH]c(cc4nc(cc5c(C(C)O)c(C)c(cc1n2)n5C)C(C)=C4C(C)O)c(C)c3CCC(=O)O. The van der Waals surface area contributed by atoms with Crippen LogP contribution in [-0.4, -0.2) is 58.0 Å². The minimum Gasteiger partial charge on any atom is -0.481 e. The Labute approximate surface area is 261 Å². The van der Waals surface area contributed by atoms with Crippen LogP contribution in [0, 0.1) is 13.8 Å². The van der Waals surface area contributed by atoms with Gasteiger partial charge in [0.2, 0.25) is 0 Å². The fourth-order valence-corrected chi connectivity index (χ4v) is 6.65. The highest BCUT2D eigenvalue weighted by Crippen LogP contribution is 2.38. The summed E-state index contributed by atoms with van der Waals surface area (Å²) >= 11 is 0. The number of nitrogens with zero attached hydrogens (tertiary/aromatic N) is 3. The number of allylic oxidation sites excluding steroid dienone is 3. The lowest BCUT2D eigenvalue weighted by atomic mass is 9.99. The molecule has 5 heterocycles. The number of fused-ring (bicyclic) bond motifs is 8. The summed E-state index contributed by atoms with van der Waals surface area (Å²) in [7, 11) is 1.93. The van der Waals surface area contributed by atoms with E-state index in [0.29, 0.717) is 33.9 Å². The second-order valence-electron chi connectivity index (χ2n) is 12.0. The van der Waals surface area contributed by atoms with Gasteiger partial charge in [0.15, 0.2) is 0 Å². The lowest BCUT2D eigenvalue weighted by Crippen LogP contribution is -2.03. The summed E-state index contributed by atoms with van der Waals surface area (Å²) in [6.45, 7) is 11.2. The molecule has 0 saturated carbocycles. The molecule has 0 saturated heterocycles. The Kier molecular flexibility index (Phi) is 8.57. The predicted molar refractivity (Wildman–Crippen MR) is 175 cm³/mol. The van der Waals surface area contributed by atoms with Crippen molar-refractivity contribution in [3.8, 4) is 0 Å². The molecule has 5 rings (SSSR count). The lowest BCUT2D eigenvalue weighted by Gasteiger charge is -2.07. The molecule has 2 aliphatic rings. The van der Waals surface area contributed by atoms with Gasteiger partial charge in [-0.15, -0.1) is 0 Å². The Morgan fingerprint density at radius 2 is 1.33 bits per heavy atom. The van der Waals surface area contributed by atoms with E-state index >= 15 is 0 Å². The van der Waals surface area contributed by atoms with Crippen LogP contribution in [-0.2, 0) is 23.1 Å². The number of aliphatic hydroxyl groups excluding tert-OH is 2. The Morgan fingerprint density at radius 1 is 0.756 bits per heavy atom. The van der Waals surface area contributed by atoms with Gasteiger partial charge in [-0.05, 0) is 112 Å². The van der Waals surface area contributed by atoms with Gasteiger partial charge in [-0.3, -0.25) is 9.59 Å². The maximum Gasteiger partial charge on any atom is 0.303 e. The van der Waals surface area contributed by atoms with Crippen molar-refractivity contribution >= 4 is 56.3 Å². The standard InChI is InChI=1S/C35H40N4O6/c1-16-22(8-10-32(42)43)27-13-28-23(9-11-33(44)45)17(2)25(37-28)14-30-19(4)35(21(6)41)31(39(30)7)15-26-18(3)34(20(5)40)29(38-26)12-24(16)36-27/h12-15,20-21,36,40-41H,8-11H2,1-7H3,(H,42,43)(H,44,45). The number of aryl methyl sites for hydroxylation is 4. The quantitative estimate of drug-likeness (QED) is 0.203. The van der Waals surface area contributed by atoms with Gasteiger partial charge < -0.3 is 30.0 Å². The van der Waals surface area contributed by atoms with Crippen molar-refractivity contribution in [1.29, 1.82) is 0 Å². The summed E-state index contributed by atoms with van der Waals surface area (Å²) < 4.78 is 2.00. The van der Waals surface area contributed by atoms with E-state index in [9.17, 15) is 30.0 Å². The third-order valence-corrected chi connectivity index (χ3v) is 9.05. The Bertz CT molecular complexity index is 1970. The molecule has 0 aromatic carbocycles. The van der Waals surface area contributed by atoms with Crippen LogP contribution >= 0.6 is 0 Å².